The van der Waals surface area contributed by atoms with E-state index in [0.29, 0.717) is 23.9 Å². The second-order valence-electron chi connectivity index (χ2n) is 5.88. The summed E-state index contributed by atoms with van der Waals surface area (Å²) in [6.07, 6.45) is 4.69. The molecule has 4 aromatic rings. The van der Waals surface area contributed by atoms with Crippen LogP contribution < -0.4 is 10.1 Å². The lowest BCUT2D eigenvalue weighted by Crippen LogP contribution is -2.17. The Kier molecular flexibility index (Phi) is 4.83. The molecule has 0 aliphatic heterocycles. The third-order valence-electron chi connectivity index (χ3n) is 4.06. The van der Waals surface area contributed by atoms with Crippen LogP contribution in [-0.4, -0.2) is 32.8 Å². The molecular formula is C20H17N5O3. The molecule has 4 rings (SSSR count). The van der Waals surface area contributed by atoms with E-state index in [4.69, 9.17) is 9.15 Å². The normalized spacial score (nSPS) is 10.6. The molecule has 0 saturated carbocycles. The lowest BCUT2D eigenvalue weighted by atomic mass is 10.2. The van der Waals surface area contributed by atoms with Crippen molar-refractivity contribution in [3.63, 3.8) is 0 Å². The fourth-order valence-electron chi connectivity index (χ4n) is 2.62. The second-order valence-corrected chi connectivity index (χ2v) is 5.88. The molecule has 0 aliphatic rings. The number of carbonyl (C=O) groups excluding carboxylic acids is 1. The number of furan rings is 1. The van der Waals surface area contributed by atoms with E-state index < -0.39 is 0 Å². The number of nitrogens with one attached hydrogen (secondary N) is 1. The molecule has 0 amide bonds. The van der Waals surface area contributed by atoms with Crippen molar-refractivity contribution in [1.29, 1.82) is 0 Å². The van der Waals surface area contributed by atoms with E-state index in [0.717, 1.165) is 17.1 Å². The molecule has 0 bridgehead atoms. The number of anilines is 1. The second kappa shape index (κ2) is 7.75. The van der Waals surface area contributed by atoms with Crippen molar-refractivity contribution in [2.45, 2.75) is 6.54 Å². The van der Waals surface area contributed by atoms with E-state index in [1.807, 2.05) is 30.3 Å². The van der Waals surface area contributed by atoms with Crippen LogP contribution in [0.4, 0.5) is 5.95 Å². The van der Waals surface area contributed by atoms with Gasteiger partial charge in [0.25, 0.3) is 5.91 Å². The minimum absolute atomic E-state index is 0.316. The predicted molar refractivity (Wildman–Crippen MR) is 102 cm³/mol. The maximum absolute atomic E-state index is 12.9. The van der Waals surface area contributed by atoms with Crippen LogP contribution in [0.15, 0.2) is 71.6 Å². The van der Waals surface area contributed by atoms with Gasteiger partial charge in [-0.15, -0.1) is 5.10 Å². The SMILES string of the molecule is COc1ccc(-c2nc(NCc3ccco3)n(C(=O)c3cccnc3)n2)cc1. The fourth-order valence-corrected chi connectivity index (χ4v) is 2.62. The number of benzene rings is 1. The number of hydrogen-bond acceptors (Lipinski definition) is 7. The summed E-state index contributed by atoms with van der Waals surface area (Å²) in [5.74, 6) is 1.85. The molecule has 8 heteroatoms. The molecule has 1 N–H and O–H groups in total. The first-order valence-electron chi connectivity index (χ1n) is 8.57. The number of ether oxygens (including phenoxy) is 1. The van der Waals surface area contributed by atoms with Gasteiger partial charge in [-0.05, 0) is 48.5 Å². The Labute approximate surface area is 160 Å². The summed E-state index contributed by atoms with van der Waals surface area (Å²) in [7, 11) is 1.60. The Bertz CT molecular complexity index is 1060. The third kappa shape index (κ3) is 3.61. The summed E-state index contributed by atoms with van der Waals surface area (Å²) in [6.45, 7) is 0.369. The first-order chi connectivity index (χ1) is 13.7. The molecule has 0 saturated heterocycles. The topological polar surface area (TPSA) is 95.1 Å². The summed E-state index contributed by atoms with van der Waals surface area (Å²) >= 11 is 0. The maximum atomic E-state index is 12.9. The molecule has 0 fully saturated rings. The predicted octanol–water partition coefficient (Wildman–Crippen LogP) is 3.24. The largest absolute Gasteiger partial charge is 0.497 e. The molecule has 0 unspecified atom stereocenters. The van der Waals surface area contributed by atoms with Crippen LogP contribution in [0.2, 0.25) is 0 Å². The molecule has 8 nitrogen and oxygen atoms in total. The minimum atomic E-state index is -0.331. The summed E-state index contributed by atoms with van der Waals surface area (Å²) in [5.41, 5.74) is 1.18. The Hall–Kier alpha value is -3.94. The summed E-state index contributed by atoms with van der Waals surface area (Å²) in [6, 6.07) is 14.3. The van der Waals surface area contributed by atoms with Crippen molar-refractivity contribution in [3.05, 3.63) is 78.5 Å². The van der Waals surface area contributed by atoms with Crippen molar-refractivity contribution in [2.24, 2.45) is 0 Å². The number of nitrogens with zero attached hydrogens (tertiary/aromatic N) is 4. The highest BCUT2D eigenvalue weighted by Gasteiger charge is 2.19. The molecule has 140 valence electrons. The van der Waals surface area contributed by atoms with E-state index in [2.05, 4.69) is 20.4 Å². The Balaban J connectivity index is 1.69. The molecule has 0 aliphatic carbocycles. The van der Waals surface area contributed by atoms with Gasteiger partial charge >= 0.3 is 0 Å². The number of hydrogen-bond donors (Lipinski definition) is 1. The van der Waals surface area contributed by atoms with Gasteiger partial charge in [0.05, 0.1) is 25.5 Å². The molecule has 3 aromatic heterocycles. The van der Waals surface area contributed by atoms with Crippen molar-refractivity contribution < 1.29 is 13.9 Å². The highest BCUT2D eigenvalue weighted by atomic mass is 16.5. The lowest BCUT2D eigenvalue weighted by Gasteiger charge is -2.05. The average Bonchev–Trinajstić information content (AvgIpc) is 3.42. The standard InChI is InChI=1S/C20H17N5O3/c1-27-16-8-6-14(7-9-16)18-23-20(22-13-17-5-3-11-28-17)25(24-18)19(26)15-4-2-10-21-12-15/h2-12H,13H2,1H3,(H,22,23,24). The molecule has 28 heavy (non-hydrogen) atoms. The Morgan fingerprint density at radius 2 is 2.04 bits per heavy atom. The maximum Gasteiger partial charge on any atom is 0.282 e. The highest BCUT2D eigenvalue weighted by Crippen LogP contribution is 2.22. The van der Waals surface area contributed by atoms with Crippen LogP contribution in [0, 0.1) is 0 Å². The van der Waals surface area contributed by atoms with Gasteiger partial charge in [-0.1, -0.05) is 0 Å². The zero-order chi connectivity index (χ0) is 19.3. The van der Waals surface area contributed by atoms with Crippen LogP contribution in [0.1, 0.15) is 16.1 Å². The average molecular weight is 375 g/mol. The van der Waals surface area contributed by atoms with Crippen LogP contribution in [0.5, 0.6) is 5.75 Å². The van der Waals surface area contributed by atoms with Crippen molar-refractivity contribution in [3.8, 4) is 17.1 Å². The van der Waals surface area contributed by atoms with Crippen LogP contribution in [-0.2, 0) is 6.54 Å². The summed E-state index contributed by atoms with van der Waals surface area (Å²) in [4.78, 5) is 21.4. The van der Waals surface area contributed by atoms with E-state index in [1.165, 1.54) is 10.9 Å². The third-order valence-corrected chi connectivity index (χ3v) is 4.06. The Morgan fingerprint density at radius 1 is 1.18 bits per heavy atom. The van der Waals surface area contributed by atoms with E-state index in [-0.39, 0.29) is 5.91 Å². The quantitative estimate of drug-likeness (QED) is 0.553. The van der Waals surface area contributed by atoms with E-state index >= 15 is 0 Å². The number of carbonyl (C=O) groups is 1. The van der Waals surface area contributed by atoms with Gasteiger partial charge < -0.3 is 14.5 Å². The fraction of sp³-hybridized carbons (Fsp3) is 0.100. The monoisotopic (exact) mass is 375 g/mol. The number of pyridine rings is 1. The first kappa shape index (κ1) is 17.5. The molecule has 0 atom stereocenters. The van der Waals surface area contributed by atoms with E-state index in [9.17, 15) is 4.79 Å². The van der Waals surface area contributed by atoms with Gasteiger partial charge in [0.2, 0.25) is 5.95 Å². The zero-order valence-electron chi connectivity index (χ0n) is 15.1. The van der Waals surface area contributed by atoms with Gasteiger partial charge in [-0.3, -0.25) is 9.78 Å². The Morgan fingerprint density at radius 3 is 2.71 bits per heavy atom. The number of aromatic nitrogens is 4. The first-order valence-corrected chi connectivity index (χ1v) is 8.57. The molecule has 3 heterocycles. The summed E-state index contributed by atoms with van der Waals surface area (Å²) in [5, 5.41) is 7.52. The van der Waals surface area contributed by atoms with Gasteiger partial charge in [0.1, 0.15) is 11.5 Å². The lowest BCUT2D eigenvalue weighted by molar-refractivity contribution is 0.0947. The minimum Gasteiger partial charge on any atom is -0.497 e. The van der Waals surface area contributed by atoms with E-state index in [1.54, 1.807) is 37.8 Å². The van der Waals surface area contributed by atoms with Crippen LogP contribution >= 0.6 is 0 Å². The van der Waals surface area contributed by atoms with Crippen LogP contribution in [0.3, 0.4) is 0 Å². The van der Waals surface area contributed by atoms with Gasteiger partial charge in [-0.2, -0.15) is 9.67 Å². The molecule has 0 radical (unpaired) electrons. The van der Waals surface area contributed by atoms with Gasteiger partial charge in [0.15, 0.2) is 5.82 Å². The smallest absolute Gasteiger partial charge is 0.282 e. The molecule has 1 aromatic carbocycles. The molecular weight excluding hydrogens is 358 g/mol. The van der Waals surface area contributed by atoms with Crippen LogP contribution in [0.25, 0.3) is 11.4 Å². The zero-order valence-corrected chi connectivity index (χ0v) is 15.1. The number of methoxy groups -OCH3 is 1. The summed E-state index contributed by atoms with van der Waals surface area (Å²) < 4.78 is 11.7. The molecule has 0 spiro atoms. The van der Waals surface area contributed by atoms with Crippen molar-refractivity contribution in [2.75, 3.05) is 12.4 Å². The van der Waals surface area contributed by atoms with Gasteiger partial charge in [0, 0.05) is 18.0 Å². The van der Waals surface area contributed by atoms with Crippen molar-refractivity contribution in [1.82, 2.24) is 19.7 Å². The highest BCUT2D eigenvalue weighted by molar-refractivity contribution is 5.96. The van der Waals surface area contributed by atoms with Crippen molar-refractivity contribution >= 4 is 11.9 Å². The van der Waals surface area contributed by atoms with Gasteiger partial charge in [-0.25, -0.2) is 0 Å². The number of rotatable bonds is 6.